The smallest absolute Gasteiger partial charge is 0.269 e. The average molecular weight is 327 g/mol. The summed E-state index contributed by atoms with van der Waals surface area (Å²) in [4.78, 5) is 25.9. The molecule has 0 radical (unpaired) electrons. The summed E-state index contributed by atoms with van der Waals surface area (Å²) in [7, 11) is 5.38. The number of amides is 2. The van der Waals surface area contributed by atoms with E-state index >= 15 is 0 Å². The van der Waals surface area contributed by atoms with Crippen LogP contribution in [0.4, 0.5) is 5.69 Å². The van der Waals surface area contributed by atoms with Crippen LogP contribution in [-0.4, -0.2) is 33.0 Å². The highest BCUT2D eigenvalue weighted by Crippen LogP contribution is 2.13. The Labute approximate surface area is 141 Å². The van der Waals surface area contributed by atoms with E-state index in [0.29, 0.717) is 5.56 Å². The van der Waals surface area contributed by atoms with Crippen LogP contribution in [0.2, 0.25) is 0 Å². The molecule has 6 heteroatoms. The summed E-state index contributed by atoms with van der Waals surface area (Å²) in [5.74, 6) is 0.0762. The van der Waals surface area contributed by atoms with E-state index in [1.807, 2.05) is 25.1 Å². The van der Waals surface area contributed by atoms with Crippen LogP contribution in [-0.2, 0) is 11.2 Å². The Morgan fingerprint density at radius 2 is 1.75 bits per heavy atom. The second kappa shape index (κ2) is 8.01. The molecule has 0 saturated carbocycles. The Kier molecular flexibility index (Phi) is 5.78. The van der Waals surface area contributed by atoms with Crippen LogP contribution in [0.25, 0.3) is 0 Å². The van der Waals surface area contributed by atoms with Crippen molar-refractivity contribution in [1.29, 1.82) is 0 Å². The maximum Gasteiger partial charge on any atom is 0.269 e. The molecule has 0 atom stereocenters. The summed E-state index contributed by atoms with van der Waals surface area (Å²) in [6.45, 7) is 0. The number of benzene rings is 2. The number of hydrogen-bond donors (Lipinski definition) is 2. The van der Waals surface area contributed by atoms with Gasteiger partial charge in [0, 0.05) is 25.3 Å². The topological polar surface area (TPSA) is 70.7 Å². The minimum absolute atomic E-state index is 0.169. The van der Waals surface area contributed by atoms with Crippen molar-refractivity contribution >= 4 is 17.5 Å². The van der Waals surface area contributed by atoms with E-state index in [0.717, 1.165) is 17.0 Å². The van der Waals surface area contributed by atoms with Crippen molar-refractivity contribution in [1.82, 2.24) is 10.9 Å². The van der Waals surface area contributed by atoms with Gasteiger partial charge in [0.05, 0.1) is 13.5 Å². The molecule has 2 rings (SSSR count). The average Bonchev–Trinajstić information content (AvgIpc) is 2.60. The summed E-state index contributed by atoms with van der Waals surface area (Å²) in [5, 5.41) is 0. The number of ether oxygens (including phenoxy) is 1. The van der Waals surface area contributed by atoms with E-state index in [1.54, 1.807) is 49.6 Å². The lowest BCUT2D eigenvalue weighted by Gasteiger charge is -2.13. The molecule has 0 aliphatic heterocycles. The number of carbonyl (C=O) groups excluding carboxylic acids is 2. The van der Waals surface area contributed by atoms with Gasteiger partial charge in [-0.25, -0.2) is 0 Å². The largest absolute Gasteiger partial charge is 0.497 e. The molecule has 6 nitrogen and oxygen atoms in total. The molecule has 0 unspecified atom stereocenters. The second-order valence-corrected chi connectivity index (χ2v) is 5.47. The number of nitrogens with zero attached hydrogens (tertiary/aromatic N) is 1. The number of methoxy groups -OCH3 is 1. The monoisotopic (exact) mass is 327 g/mol. The highest BCUT2D eigenvalue weighted by Gasteiger charge is 2.09. The zero-order chi connectivity index (χ0) is 17.5. The van der Waals surface area contributed by atoms with Crippen molar-refractivity contribution in [3.8, 4) is 5.75 Å². The van der Waals surface area contributed by atoms with Gasteiger partial charge < -0.3 is 9.64 Å². The highest BCUT2D eigenvalue weighted by molar-refractivity contribution is 5.96. The molecule has 0 heterocycles. The fourth-order valence-corrected chi connectivity index (χ4v) is 2.10. The zero-order valence-corrected chi connectivity index (χ0v) is 14.0. The number of carbonyl (C=O) groups is 2. The Balaban J connectivity index is 1.88. The van der Waals surface area contributed by atoms with E-state index in [4.69, 9.17) is 4.74 Å². The summed E-state index contributed by atoms with van der Waals surface area (Å²) >= 11 is 0. The number of rotatable bonds is 5. The van der Waals surface area contributed by atoms with Crippen molar-refractivity contribution in [3.05, 3.63) is 59.7 Å². The lowest BCUT2D eigenvalue weighted by molar-refractivity contribution is -0.121. The van der Waals surface area contributed by atoms with Gasteiger partial charge in [0.15, 0.2) is 0 Å². The molecule has 0 saturated heterocycles. The van der Waals surface area contributed by atoms with Gasteiger partial charge in [0.1, 0.15) is 5.75 Å². The maximum atomic E-state index is 12.1. The third kappa shape index (κ3) is 4.74. The zero-order valence-electron chi connectivity index (χ0n) is 14.0. The van der Waals surface area contributed by atoms with Crippen molar-refractivity contribution in [2.45, 2.75) is 6.42 Å². The van der Waals surface area contributed by atoms with Gasteiger partial charge in [-0.05, 0) is 35.9 Å². The lowest BCUT2D eigenvalue weighted by atomic mass is 10.1. The highest BCUT2D eigenvalue weighted by atomic mass is 16.5. The van der Waals surface area contributed by atoms with Crippen LogP contribution in [0.15, 0.2) is 48.5 Å². The predicted octanol–water partition coefficient (Wildman–Crippen LogP) is 1.76. The standard InChI is InChI=1S/C18H21N3O3/c1-21(2)15-6-4-5-14(12-15)18(23)20-19-17(22)11-13-7-9-16(24-3)10-8-13/h4-10,12H,11H2,1-3H3,(H,19,22)(H,20,23). The van der Waals surface area contributed by atoms with Gasteiger partial charge in [-0.2, -0.15) is 0 Å². The molecule has 2 amide bonds. The van der Waals surface area contributed by atoms with Crippen LogP contribution < -0.4 is 20.5 Å². The van der Waals surface area contributed by atoms with Crippen molar-refractivity contribution < 1.29 is 14.3 Å². The van der Waals surface area contributed by atoms with Crippen LogP contribution in [0.1, 0.15) is 15.9 Å². The van der Waals surface area contributed by atoms with Crippen LogP contribution in [0.3, 0.4) is 0 Å². The van der Waals surface area contributed by atoms with Gasteiger partial charge in [-0.3, -0.25) is 20.4 Å². The van der Waals surface area contributed by atoms with Crippen molar-refractivity contribution in [2.24, 2.45) is 0 Å². The Morgan fingerprint density at radius 1 is 1.04 bits per heavy atom. The van der Waals surface area contributed by atoms with Crippen LogP contribution in [0.5, 0.6) is 5.75 Å². The fraction of sp³-hybridized carbons (Fsp3) is 0.222. The third-order valence-corrected chi connectivity index (χ3v) is 3.46. The normalized spacial score (nSPS) is 9.96. The fourth-order valence-electron chi connectivity index (χ4n) is 2.10. The number of anilines is 1. The first-order valence-corrected chi connectivity index (χ1v) is 7.49. The third-order valence-electron chi connectivity index (χ3n) is 3.46. The number of hydrazine groups is 1. The molecule has 0 fully saturated rings. The van der Waals surface area contributed by atoms with Gasteiger partial charge in [-0.1, -0.05) is 18.2 Å². The van der Waals surface area contributed by atoms with Crippen LogP contribution in [0, 0.1) is 0 Å². The molecule has 2 N–H and O–H groups in total. The minimum atomic E-state index is -0.359. The van der Waals surface area contributed by atoms with Crippen LogP contribution >= 0.6 is 0 Å². The Bertz CT molecular complexity index is 712. The SMILES string of the molecule is COc1ccc(CC(=O)NNC(=O)c2cccc(N(C)C)c2)cc1. The number of nitrogens with one attached hydrogen (secondary N) is 2. The first-order chi connectivity index (χ1) is 11.5. The molecular formula is C18H21N3O3. The second-order valence-electron chi connectivity index (χ2n) is 5.47. The van der Waals surface area contributed by atoms with Gasteiger partial charge in [0.25, 0.3) is 5.91 Å². The first-order valence-electron chi connectivity index (χ1n) is 7.49. The minimum Gasteiger partial charge on any atom is -0.497 e. The van der Waals surface area contributed by atoms with E-state index in [2.05, 4.69) is 10.9 Å². The predicted molar refractivity (Wildman–Crippen MR) is 93.1 cm³/mol. The molecule has 0 aliphatic rings. The van der Waals surface area contributed by atoms with Gasteiger partial charge in [0.2, 0.25) is 5.91 Å². The van der Waals surface area contributed by atoms with Crippen molar-refractivity contribution in [3.63, 3.8) is 0 Å². The summed E-state index contributed by atoms with van der Waals surface area (Å²) < 4.78 is 5.07. The molecular weight excluding hydrogens is 306 g/mol. The molecule has 2 aromatic rings. The molecule has 126 valence electrons. The molecule has 0 spiro atoms. The van der Waals surface area contributed by atoms with E-state index < -0.39 is 0 Å². The lowest BCUT2D eigenvalue weighted by Crippen LogP contribution is -2.42. The maximum absolute atomic E-state index is 12.1. The molecule has 0 bridgehead atoms. The molecule has 0 aliphatic carbocycles. The first kappa shape index (κ1) is 17.3. The summed E-state index contributed by atoms with van der Waals surface area (Å²) in [6.07, 6.45) is 0.169. The summed E-state index contributed by atoms with van der Waals surface area (Å²) in [6, 6.07) is 14.3. The van der Waals surface area contributed by atoms with E-state index in [9.17, 15) is 9.59 Å². The number of hydrogen-bond acceptors (Lipinski definition) is 4. The van der Waals surface area contributed by atoms with E-state index in [1.165, 1.54) is 0 Å². The van der Waals surface area contributed by atoms with Gasteiger partial charge >= 0.3 is 0 Å². The molecule has 2 aromatic carbocycles. The van der Waals surface area contributed by atoms with E-state index in [-0.39, 0.29) is 18.2 Å². The Morgan fingerprint density at radius 3 is 2.38 bits per heavy atom. The quantitative estimate of drug-likeness (QED) is 0.821. The summed E-state index contributed by atoms with van der Waals surface area (Å²) in [5.41, 5.74) is 7.07. The molecule has 0 aromatic heterocycles. The van der Waals surface area contributed by atoms with Crippen molar-refractivity contribution in [2.75, 3.05) is 26.1 Å². The Hall–Kier alpha value is -3.02. The molecule has 24 heavy (non-hydrogen) atoms. The van der Waals surface area contributed by atoms with Gasteiger partial charge in [-0.15, -0.1) is 0 Å².